The van der Waals surface area contributed by atoms with Crippen molar-refractivity contribution in [3.63, 3.8) is 0 Å². The van der Waals surface area contributed by atoms with Gasteiger partial charge in [0.05, 0.1) is 18.3 Å². The van der Waals surface area contributed by atoms with Gasteiger partial charge in [0.2, 0.25) is 5.91 Å². The van der Waals surface area contributed by atoms with E-state index in [-0.39, 0.29) is 11.9 Å². The average Bonchev–Trinajstić information content (AvgIpc) is 2.52. The molecule has 1 unspecified atom stereocenters. The number of aromatic nitrogens is 1. The molecule has 0 aromatic carbocycles. The second-order valence-corrected chi connectivity index (χ2v) is 5.58. The lowest BCUT2D eigenvalue weighted by Crippen LogP contribution is -2.53. The maximum absolute atomic E-state index is 12.7. The molecule has 1 saturated heterocycles. The van der Waals surface area contributed by atoms with Crippen molar-refractivity contribution >= 4 is 5.91 Å². The molecule has 5 nitrogen and oxygen atoms in total. The average molecular weight is 290 g/mol. The smallest absolute Gasteiger partial charge is 0.239 e. The van der Waals surface area contributed by atoms with Crippen LogP contribution in [0.1, 0.15) is 25.2 Å². The molecule has 2 rings (SSSR count). The number of carbonyl (C=O) groups is 1. The van der Waals surface area contributed by atoms with Crippen LogP contribution in [0.15, 0.2) is 18.2 Å². The van der Waals surface area contributed by atoms with Crippen molar-refractivity contribution in [2.24, 2.45) is 0 Å². The Hall–Kier alpha value is -1.46. The molecule has 1 aromatic rings. The van der Waals surface area contributed by atoms with E-state index in [1.165, 1.54) is 0 Å². The molecule has 5 heteroatoms. The number of nitrogens with one attached hydrogen (secondary N) is 1. The van der Waals surface area contributed by atoms with Crippen molar-refractivity contribution in [3.05, 3.63) is 29.6 Å². The quantitative estimate of drug-likeness (QED) is 0.880. The van der Waals surface area contributed by atoms with E-state index < -0.39 is 0 Å². The minimum absolute atomic E-state index is 0.0585. The molecule has 1 aliphatic rings. The van der Waals surface area contributed by atoms with Crippen LogP contribution in [-0.2, 0) is 11.3 Å². The van der Waals surface area contributed by atoms with Gasteiger partial charge in [-0.3, -0.25) is 14.7 Å². The van der Waals surface area contributed by atoms with Crippen molar-refractivity contribution in [1.82, 2.24) is 20.1 Å². The topological polar surface area (TPSA) is 48.5 Å². The van der Waals surface area contributed by atoms with Crippen LogP contribution in [0, 0.1) is 6.92 Å². The molecule has 1 amide bonds. The first-order valence-electron chi connectivity index (χ1n) is 7.78. The summed E-state index contributed by atoms with van der Waals surface area (Å²) in [6.07, 6.45) is 0. The highest BCUT2D eigenvalue weighted by Gasteiger charge is 2.26. The van der Waals surface area contributed by atoms with E-state index in [9.17, 15) is 4.79 Å². The van der Waals surface area contributed by atoms with Crippen LogP contribution in [0.4, 0.5) is 0 Å². The Balaban J connectivity index is 2.00. The molecule has 1 fully saturated rings. The van der Waals surface area contributed by atoms with E-state index in [0.29, 0.717) is 13.1 Å². The highest BCUT2D eigenvalue weighted by molar-refractivity contribution is 5.81. The van der Waals surface area contributed by atoms with Gasteiger partial charge in [0.1, 0.15) is 0 Å². The number of likely N-dealkylation sites (N-methyl/N-ethyl adjacent to an activating group) is 1. The Morgan fingerprint density at radius 2 is 2.14 bits per heavy atom. The molecule has 1 aliphatic heterocycles. The molecule has 1 atom stereocenters. The van der Waals surface area contributed by atoms with Crippen LogP contribution < -0.4 is 5.32 Å². The van der Waals surface area contributed by atoms with Crippen molar-refractivity contribution in [3.8, 4) is 0 Å². The van der Waals surface area contributed by atoms with E-state index >= 15 is 0 Å². The molecule has 21 heavy (non-hydrogen) atoms. The van der Waals surface area contributed by atoms with Crippen molar-refractivity contribution < 1.29 is 4.79 Å². The molecule has 1 N–H and O–H groups in total. The van der Waals surface area contributed by atoms with E-state index in [1.807, 2.05) is 43.9 Å². The number of hydrogen-bond acceptors (Lipinski definition) is 4. The number of piperazine rings is 1. The summed E-state index contributed by atoms with van der Waals surface area (Å²) in [7, 11) is 0. The maximum atomic E-state index is 12.7. The Kier molecular flexibility index (Phi) is 5.70. The van der Waals surface area contributed by atoms with Gasteiger partial charge in [-0.25, -0.2) is 0 Å². The summed E-state index contributed by atoms with van der Waals surface area (Å²) in [6, 6.07) is 5.90. The zero-order chi connectivity index (χ0) is 15.2. The number of nitrogens with zero attached hydrogens (tertiary/aromatic N) is 3. The van der Waals surface area contributed by atoms with Crippen molar-refractivity contribution in [2.45, 2.75) is 33.4 Å². The number of pyridine rings is 1. The third kappa shape index (κ3) is 4.25. The summed E-state index contributed by atoms with van der Waals surface area (Å²) in [6.45, 7) is 11.1. The van der Waals surface area contributed by atoms with Gasteiger partial charge < -0.3 is 10.2 Å². The van der Waals surface area contributed by atoms with E-state index in [0.717, 1.165) is 37.6 Å². The molecule has 0 aliphatic carbocycles. The predicted octanol–water partition coefficient (Wildman–Crippen LogP) is 1.03. The zero-order valence-corrected chi connectivity index (χ0v) is 13.3. The first kappa shape index (κ1) is 15.9. The lowest BCUT2D eigenvalue weighted by atomic mass is 10.2. The highest BCUT2D eigenvalue weighted by atomic mass is 16.2. The molecule has 1 aromatic heterocycles. The molecule has 0 spiro atoms. The van der Waals surface area contributed by atoms with Gasteiger partial charge in [-0.05, 0) is 32.9 Å². The normalized spacial score (nSPS) is 17.5. The van der Waals surface area contributed by atoms with Gasteiger partial charge in [-0.1, -0.05) is 6.07 Å². The van der Waals surface area contributed by atoms with E-state index in [1.54, 1.807) is 0 Å². The molecular formula is C16H26N4O. The lowest BCUT2D eigenvalue weighted by molar-refractivity contribution is -0.137. The van der Waals surface area contributed by atoms with Crippen molar-refractivity contribution in [2.75, 3.05) is 32.7 Å². The number of amides is 1. The van der Waals surface area contributed by atoms with Crippen LogP contribution in [0.25, 0.3) is 0 Å². The summed E-state index contributed by atoms with van der Waals surface area (Å²) in [5, 5.41) is 3.32. The standard InChI is InChI=1S/C16H26N4O/c1-4-19(12-15-7-5-6-13(2)18-15)16(21)14(3)20-10-8-17-9-11-20/h5-7,14,17H,4,8-12H2,1-3H3. The summed E-state index contributed by atoms with van der Waals surface area (Å²) in [5.41, 5.74) is 1.95. The monoisotopic (exact) mass is 290 g/mol. The van der Waals surface area contributed by atoms with Crippen LogP contribution in [0.3, 0.4) is 0 Å². The Bertz CT molecular complexity index is 471. The molecule has 2 heterocycles. The second kappa shape index (κ2) is 7.52. The summed E-state index contributed by atoms with van der Waals surface area (Å²) in [5.74, 6) is 0.197. The summed E-state index contributed by atoms with van der Waals surface area (Å²) in [4.78, 5) is 21.3. The summed E-state index contributed by atoms with van der Waals surface area (Å²) >= 11 is 0. The predicted molar refractivity (Wildman–Crippen MR) is 84.0 cm³/mol. The summed E-state index contributed by atoms with van der Waals surface area (Å²) < 4.78 is 0. The first-order valence-corrected chi connectivity index (χ1v) is 7.78. The van der Waals surface area contributed by atoms with Crippen LogP contribution in [-0.4, -0.2) is 59.5 Å². The van der Waals surface area contributed by atoms with Gasteiger partial charge in [-0.15, -0.1) is 0 Å². The largest absolute Gasteiger partial charge is 0.336 e. The van der Waals surface area contributed by atoms with Crippen LogP contribution in [0.5, 0.6) is 0 Å². The van der Waals surface area contributed by atoms with Gasteiger partial charge in [-0.2, -0.15) is 0 Å². The van der Waals surface area contributed by atoms with Gasteiger partial charge >= 0.3 is 0 Å². The molecule has 0 radical (unpaired) electrons. The van der Waals surface area contributed by atoms with Crippen molar-refractivity contribution in [1.29, 1.82) is 0 Å². The number of hydrogen-bond donors (Lipinski definition) is 1. The number of aryl methyl sites for hydroxylation is 1. The Morgan fingerprint density at radius 1 is 1.43 bits per heavy atom. The van der Waals surface area contributed by atoms with E-state index in [2.05, 4.69) is 15.2 Å². The Labute approximate surface area is 127 Å². The highest BCUT2D eigenvalue weighted by Crippen LogP contribution is 2.09. The number of rotatable bonds is 5. The van der Waals surface area contributed by atoms with Crippen LogP contribution >= 0.6 is 0 Å². The molecule has 116 valence electrons. The molecular weight excluding hydrogens is 264 g/mol. The van der Waals surface area contributed by atoms with Gasteiger partial charge in [0, 0.05) is 38.4 Å². The van der Waals surface area contributed by atoms with Gasteiger partial charge in [0.25, 0.3) is 0 Å². The fourth-order valence-electron chi connectivity index (χ4n) is 2.72. The zero-order valence-electron chi connectivity index (χ0n) is 13.3. The molecule has 0 bridgehead atoms. The minimum atomic E-state index is -0.0585. The Morgan fingerprint density at radius 3 is 2.76 bits per heavy atom. The van der Waals surface area contributed by atoms with Crippen LogP contribution in [0.2, 0.25) is 0 Å². The fraction of sp³-hybridized carbons (Fsp3) is 0.625. The second-order valence-electron chi connectivity index (χ2n) is 5.58. The SMILES string of the molecule is CCN(Cc1cccc(C)n1)C(=O)C(C)N1CCNCC1. The number of carbonyl (C=O) groups excluding carboxylic acids is 1. The van der Waals surface area contributed by atoms with E-state index in [4.69, 9.17) is 0 Å². The third-order valence-corrected chi connectivity index (χ3v) is 4.05. The lowest BCUT2D eigenvalue weighted by Gasteiger charge is -2.34. The maximum Gasteiger partial charge on any atom is 0.239 e. The molecule has 0 saturated carbocycles. The first-order chi connectivity index (χ1) is 10.1. The minimum Gasteiger partial charge on any atom is -0.336 e. The van der Waals surface area contributed by atoms with Gasteiger partial charge in [0.15, 0.2) is 0 Å². The third-order valence-electron chi connectivity index (χ3n) is 4.05. The fourth-order valence-corrected chi connectivity index (χ4v) is 2.72.